The van der Waals surface area contributed by atoms with Crippen LogP contribution in [0.1, 0.15) is 10.4 Å². The first-order valence-corrected chi connectivity index (χ1v) is 6.43. The minimum Gasteiger partial charge on any atom is -0.378 e. The molecule has 1 aromatic heterocycles. The summed E-state index contributed by atoms with van der Waals surface area (Å²) in [6, 6.07) is 8.66. The topological polar surface area (TPSA) is 42.2 Å². The molecule has 0 atom stereocenters. The van der Waals surface area contributed by atoms with Gasteiger partial charge in [0.2, 0.25) is 0 Å². The van der Waals surface area contributed by atoms with Crippen molar-refractivity contribution in [3.05, 3.63) is 40.9 Å². The van der Waals surface area contributed by atoms with Gasteiger partial charge in [0.15, 0.2) is 5.13 Å². The molecular formula is C13H17N3S. The lowest BCUT2D eigenvalue weighted by molar-refractivity contribution is 0.975. The lowest BCUT2D eigenvalue weighted by Crippen LogP contribution is -2.08. The second-order valence-corrected chi connectivity index (χ2v) is 5.37. The first kappa shape index (κ1) is 11.9. The molecule has 0 saturated carbocycles. The third-order valence-electron chi connectivity index (χ3n) is 2.68. The molecule has 2 aromatic rings. The molecule has 90 valence electrons. The second kappa shape index (κ2) is 5.19. The van der Waals surface area contributed by atoms with Crippen LogP contribution in [0.3, 0.4) is 0 Å². The van der Waals surface area contributed by atoms with Crippen LogP contribution >= 0.6 is 11.3 Å². The van der Waals surface area contributed by atoms with E-state index in [1.807, 2.05) is 6.20 Å². The summed E-state index contributed by atoms with van der Waals surface area (Å²) in [6.07, 6.45) is 3.92. The fraction of sp³-hybridized carbons (Fsp3) is 0.308. The Bertz CT molecular complexity index is 474. The minimum absolute atomic E-state index is 0.656. The van der Waals surface area contributed by atoms with Crippen molar-refractivity contribution in [1.82, 2.24) is 4.98 Å². The molecule has 0 aliphatic heterocycles. The van der Waals surface area contributed by atoms with E-state index in [0.29, 0.717) is 5.13 Å². The third-order valence-corrected chi connectivity index (χ3v) is 3.57. The maximum atomic E-state index is 5.60. The highest BCUT2D eigenvalue weighted by Crippen LogP contribution is 2.18. The number of hydrogen-bond donors (Lipinski definition) is 1. The molecule has 2 N–H and O–H groups in total. The Hall–Kier alpha value is -1.55. The van der Waals surface area contributed by atoms with Crippen LogP contribution in [0.5, 0.6) is 0 Å². The third kappa shape index (κ3) is 3.20. The van der Waals surface area contributed by atoms with Gasteiger partial charge < -0.3 is 10.6 Å². The van der Waals surface area contributed by atoms with Gasteiger partial charge in [0.1, 0.15) is 0 Å². The van der Waals surface area contributed by atoms with E-state index in [4.69, 9.17) is 5.73 Å². The number of thiazole rings is 1. The maximum absolute atomic E-state index is 5.60. The van der Waals surface area contributed by atoms with E-state index in [2.05, 4.69) is 48.2 Å². The predicted molar refractivity (Wildman–Crippen MR) is 74.7 cm³/mol. The van der Waals surface area contributed by atoms with E-state index in [1.54, 1.807) is 11.3 Å². The number of nitrogen functional groups attached to an aromatic ring is 1. The quantitative estimate of drug-likeness (QED) is 0.903. The Morgan fingerprint density at radius 3 is 2.41 bits per heavy atom. The highest BCUT2D eigenvalue weighted by atomic mass is 32.1. The van der Waals surface area contributed by atoms with Crippen LogP contribution < -0.4 is 10.6 Å². The predicted octanol–water partition coefficient (Wildman–Crippen LogP) is 2.58. The number of rotatable bonds is 4. The summed E-state index contributed by atoms with van der Waals surface area (Å²) in [5.74, 6) is 0. The van der Waals surface area contributed by atoms with E-state index in [9.17, 15) is 0 Å². The van der Waals surface area contributed by atoms with E-state index in [-0.39, 0.29) is 0 Å². The standard InChI is InChI=1S/C13H17N3S/c1-16(2)11-6-3-10(4-7-11)5-8-12-9-15-13(14)17-12/h3-4,6-7,9H,5,8H2,1-2H3,(H2,14,15). The molecule has 0 saturated heterocycles. The number of nitrogens with two attached hydrogens (primary N) is 1. The van der Waals surface area contributed by atoms with E-state index < -0.39 is 0 Å². The first-order valence-electron chi connectivity index (χ1n) is 5.61. The first-order chi connectivity index (χ1) is 8.15. The van der Waals surface area contributed by atoms with Crippen LogP contribution in [0.2, 0.25) is 0 Å². The van der Waals surface area contributed by atoms with Gasteiger partial charge in [-0.25, -0.2) is 4.98 Å². The number of anilines is 2. The van der Waals surface area contributed by atoms with Gasteiger partial charge in [-0.15, -0.1) is 11.3 Å². The zero-order chi connectivity index (χ0) is 12.3. The summed E-state index contributed by atoms with van der Waals surface area (Å²) in [7, 11) is 4.10. The average molecular weight is 247 g/mol. The fourth-order valence-corrected chi connectivity index (χ4v) is 2.35. The molecule has 1 heterocycles. The monoisotopic (exact) mass is 247 g/mol. The lowest BCUT2D eigenvalue weighted by Gasteiger charge is -2.12. The van der Waals surface area contributed by atoms with Gasteiger partial charge in [0.05, 0.1) is 0 Å². The molecule has 1 aromatic carbocycles. The van der Waals surface area contributed by atoms with Crippen LogP contribution in [0, 0.1) is 0 Å². The molecule has 0 fully saturated rings. The number of nitrogens with zero attached hydrogens (tertiary/aromatic N) is 2. The highest BCUT2D eigenvalue weighted by Gasteiger charge is 2.00. The number of aromatic nitrogens is 1. The zero-order valence-electron chi connectivity index (χ0n) is 10.2. The Labute approximate surface area is 106 Å². The molecule has 3 nitrogen and oxygen atoms in total. The molecular weight excluding hydrogens is 230 g/mol. The molecule has 0 amide bonds. The van der Waals surface area contributed by atoms with Crippen molar-refractivity contribution in [3.63, 3.8) is 0 Å². The molecule has 0 unspecified atom stereocenters. The smallest absolute Gasteiger partial charge is 0.180 e. The summed E-state index contributed by atoms with van der Waals surface area (Å²) in [5, 5.41) is 0.656. The normalized spacial score (nSPS) is 10.5. The minimum atomic E-state index is 0.656. The average Bonchev–Trinajstić information content (AvgIpc) is 2.73. The van der Waals surface area contributed by atoms with Crippen LogP contribution in [0.15, 0.2) is 30.5 Å². The zero-order valence-corrected chi connectivity index (χ0v) is 11.0. The molecule has 0 aliphatic carbocycles. The number of hydrogen-bond acceptors (Lipinski definition) is 4. The van der Waals surface area contributed by atoms with E-state index >= 15 is 0 Å². The van der Waals surface area contributed by atoms with Gasteiger partial charge in [-0.1, -0.05) is 12.1 Å². The largest absolute Gasteiger partial charge is 0.378 e. The summed E-state index contributed by atoms with van der Waals surface area (Å²) in [6.45, 7) is 0. The van der Waals surface area contributed by atoms with Crippen LogP contribution in [-0.4, -0.2) is 19.1 Å². The van der Waals surface area contributed by atoms with Gasteiger partial charge in [0.25, 0.3) is 0 Å². The van der Waals surface area contributed by atoms with Gasteiger partial charge in [-0.2, -0.15) is 0 Å². The Balaban J connectivity index is 1.95. The number of benzene rings is 1. The molecule has 0 bridgehead atoms. The van der Waals surface area contributed by atoms with Crippen LogP contribution in [0.25, 0.3) is 0 Å². The van der Waals surface area contributed by atoms with E-state index in [0.717, 1.165) is 12.8 Å². The van der Waals surface area contributed by atoms with Gasteiger partial charge >= 0.3 is 0 Å². The van der Waals surface area contributed by atoms with Gasteiger partial charge in [-0.3, -0.25) is 0 Å². The van der Waals surface area contributed by atoms with Crippen molar-refractivity contribution < 1.29 is 0 Å². The van der Waals surface area contributed by atoms with Crippen molar-refractivity contribution >= 4 is 22.2 Å². The van der Waals surface area contributed by atoms with Crippen LogP contribution in [-0.2, 0) is 12.8 Å². The highest BCUT2D eigenvalue weighted by molar-refractivity contribution is 7.15. The van der Waals surface area contributed by atoms with Gasteiger partial charge in [0, 0.05) is 30.9 Å². The summed E-state index contributed by atoms with van der Waals surface area (Å²) in [5.41, 5.74) is 8.18. The van der Waals surface area contributed by atoms with Crippen molar-refractivity contribution in [2.45, 2.75) is 12.8 Å². The van der Waals surface area contributed by atoms with Crippen molar-refractivity contribution in [2.75, 3.05) is 24.7 Å². The molecule has 17 heavy (non-hydrogen) atoms. The second-order valence-electron chi connectivity index (χ2n) is 4.23. The summed E-state index contributed by atoms with van der Waals surface area (Å²) < 4.78 is 0. The molecule has 2 rings (SSSR count). The Kier molecular flexibility index (Phi) is 3.64. The Morgan fingerprint density at radius 2 is 1.88 bits per heavy atom. The lowest BCUT2D eigenvalue weighted by atomic mass is 10.1. The Morgan fingerprint density at radius 1 is 1.18 bits per heavy atom. The van der Waals surface area contributed by atoms with Crippen molar-refractivity contribution in [1.29, 1.82) is 0 Å². The molecule has 0 aliphatic rings. The molecule has 0 radical (unpaired) electrons. The SMILES string of the molecule is CN(C)c1ccc(CCc2cnc(N)s2)cc1. The van der Waals surface area contributed by atoms with Crippen molar-refractivity contribution in [2.24, 2.45) is 0 Å². The van der Waals surface area contributed by atoms with Crippen molar-refractivity contribution in [3.8, 4) is 0 Å². The molecule has 0 spiro atoms. The maximum Gasteiger partial charge on any atom is 0.180 e. The van der Waals surface area contributed by atoms with Crippen LogP contribution in [0.4, 0.5) is 10.8 Å². The fourth-order valence-electron chi connectivity index (χ4n) is 1.67. The van der Waals surface area contributed by atoms with E-state index in [1.165, 1.54) is 16.1 Å². The summed E-state index contributed by atoms with van der Waals surface area (Å²) in [4.78, 5) is 7.41. The van der Waals surface area contributed by atoms with Gasteiger partial charge in [-0.05, 0) is 30.5 Å². The molecule has 4 heteroatoms. The number of aryl methyl sites for hydroxylation is 2. The summed E-state index contributed by atoms with van der Waals surface area (Å²) >= 11 is 1.57.